The summed E-state index contributed by atoms with van der Waals surface area (Å²) in [5.41, 5.74) is 5.60. The van der Waals surface area contributed by atoms with Gasteiger partial charge in [0, 0.05) is 11.8 Å². The Morgan fingerprint density at radius 1 is 1.00 bits per heavy atom. The zero-order valence-electron chi connectivity index (χ0n) is 12.8. The van der Waals surface area contributed by atoms with E-state index < -0.39 is 0 Å². The van der Waals surface area contributed by atoms with E-state index in [2.05, 4.69) is 0 Å². The third-order valence-electron chi connectivity index (χ3n) is 5.55. The maximum atomic E-state index is 12.0. The first kappa shape index (κ1) is 15.5. The Kier molecular flexibility index (Phi) is 5.62. The molecule has 0 aliphatic heterocycles. The summed E-state index contributed by atoms with van der Waals surface area (Å²) in [4.78, 5) is 23.8. The molecule has 0 saturated heterocycles. The molecule has 20 heavy (non-hydrogen) atoms. The van der Waals surface area contributed by atoms with Crippen molar-refractivity contribution < 1.29 is 9.59 Å². The van der Waals surface area contributed by atoms with Crippen molar-refractivity contribution in [2.75, 3.05) is 0 Å². The lowest BCUT2D eigenvalue weighted by atomic mass is 9.72. The molecule has 3 heteroatoms. The van der Waals surface area contributed by atoms with Crippen molar-refractivity contribution in [1.29, 1.82) is 0 Å². The average molecular weight is 279 g/mol. The number of primary amides is 1. The molecule has 2 rings (SSSR count). The third-order valence-corrected chi connectivity index (χ3v) is 5.55. The van der Waals surface area contributed by atoms with Crippen LogP contribution >= 0.6 is 0 Å². The Labute approximate surface area is 122 Å². The van der Waals surface area contributed by atoms with Gasteiger partial charge in [0.15, 0.2) is 0 Å². The fourth-order valence-corrected chi connectivity index (χ4v) is 3.96. The SMILES string of the molecule is CC(=O)C(CC1CCC1)C(CCC1CCCC1)C(N)=O. The van der Waals surface area contributed by atoms with E-state index in [0.717, 1.165) is 25.2 Å². The van der Waals surface area contributed by atoms with E-state index in [1.165, 1.54) is 44.9 Å². The van der Waals surface area contributed by atoms with Gasteiger partial charge in [0.05, 0.1) is 0 Å². The molecule has 0 aromatic heterocycles. The first-order chi connectivity index (χ1) is 9.58. The van der Waals surface area contributed by atoms with Crippen molar-refractivity contribution >= 4 is 11.7 Å². The quantitative estimate of drug-likeness (QED) is 0.739. The van der Waals surface area contributed by atoms with Gasteiger partial charge in [-0.1, -0.05) is 44.9 Å². The van der Waals surface area contributed by atoms with Crippen LogP contribution in [0.25, 0.3) is 0 Å². The van der Waals surface area contributed by atoms with Gasteiger partial charge < -0.3 is 5.73 Å². The van der Waals surface area contributed by atoms with Gasteiger partial charge >= 0.3 is 0 Å². The number of carbonyl (C=O) groups is 2. The highest BCUT2D eigenvalue weighted by atomic mass is 16.1. The standard InChI is InChI=1S/C17H29NO2/c1-12(19)16(11-14-7-4-8-14)15(17(18)20)10-9-13-5-2-3-6-13/h13-16H,2-11H2,1H3,(H2,18,20). The van der Waals surface area contributed by atoms with Gasteiger partial charge in [-0.05, 0) is 38.0 Å². The minimum absolute atomic E-state index is 0.126. The van der Waals surface area contributed by atoms with E-state index in [0.29, 0.717) is 5.92 Å². The van der Waals surface area contributed by atoms with Gasteiger partial charge in [-0.15, -0.1) is 0 Å². The Balaban J connectivity index is 1.91. The number of hydrogen-bond donors (Lipinski definition) is 1. The van der Waals surface area contributed by atoms with E-state index in [4.69, 9.17) is 5.73 Å². The Morgan fingerprint density at radius 3 is 2.05 bits per heavy atom. The van der Waals surface area contributed by atoms with Crippen molar-refractivity contribution in [3.8, 4) is 0 Å². The van der Waals surface area contributed by atoms with Crippen molar-refractivity contribution in [2.24, 2.45) is 29.4 Å². The number of amides is 1. The fourth-order valence-electron chi connectivity index (χ4n) is 3.96. The molecule has 0 spiro atoms. The molecule has 114 valence electrons. The van der Waals surface area contributed by atoms with E-state index in [1.807, 2.05) is 0 Å². The second-order valence-electron chi connectivity index (χ2n) is 6.99. The summed E-state index contributed by atoms with van der Waals surface area (Å²) < 4.78 is 0. The van der Waals surface area contributed by atoms with E-state index in [-0.39, 0.29) is 23.5 Å². The predicted molar refractivity (Wildman–Crippen MR) is 80.0 cm³/mol. The summed E-state index contributed by atoms with van der Waals surface area (Å²) >= 11 is 0. The molecule has 0 heterocycles. The van der Waals surface area contributed by atoms with Crippen LogP contribution < -0.4 is 5.73 Å². The van der Waals surface area contributed by atoms with E-state index in [9.17, 15) is 9.59 Å². The molecule has 2 saturated carbocycles. The normalized spacial score (nSPS) is 23.2. The molecule has 2 N–H and O–H groups in total. The predicted octanol–water partition coefficient (Wildman–Crippen LogP) is 3.45. The fraction of sp³-hybridized carbons (Fsp3) is 0.882. The van der Waals surface area contributed by atoms with Crippen LogP contribution in [0, 0.1) is 23.7 Å². The molecule has 2 aliphatic rings. The average Bonchev–Trinajstić information content (AvgIpc) is 2.82. The molecule has 0 aromatic carbocycles. The minimum atomic E-state index is -0.262. The molecule has 2 fully saturated rings. The summed E-state index contributed by atoms with van der Waals surface area (Å²) in [5.74, 6) is 0.952. The van der Waals surface area contributed by atoms with Crippen LogP contribution in [0.4, 0.5) is 0 Å². The molecule has 3 nitrogen and oxygen atoms in total. The van der Waals surface area contributed by atoms with Crippen LogP contribution in [-0.4, -0.2) is 11.7 Å². The maximum Gasteiger partial charge on any atom is 0.221 e. The maximum absolute atomic E-state index is 12.0. The zero-order valence-corrected chi connectivity index (χ0v) is 12.8. The summed E-state index contributed by atoms with van der Waals surface area (Å²) in [6.07, 6.45) is 11.7. The highest BCUT2D eigenvalue weighted by Crippen LogP contribution is 2.37. The van der Waals surface area contributed by atoms with E-state index >= 15 is 0 Å². The highest BCUT2D eigenvalue weighted by molar-refractivity contribution is 5.86. The summed E-state index contributed by atoms with van der Waals surface area (Å²) in [6, 6.07) is 0. The van der Waals surface area contributed by atoms with Crippen molar-refractivity contribution in [3.63, 3.8) is 0 Å². The first-order valence-corrected chi connectivity index (χ1v) is 8.37. The molecular weight excluding hydrogens is 250 g/mol. The van der Waals surface area contributed by atoms with Gasteiger partial charge in [-0.2, -0.15) is 0 Å². The highest BCUT2D eigenvalue weighted by Gasteiger charge is 2.34. The Bertz CT molecular complexity index is 343. The number of carbonyl (C=O) groups excluding carboxylic acids is 2. The molecule has 0 bridgehead atoms. The number of hydrogen-bond acceptors (Lipinski definition) is 2. The van der Waals surface area contributed by atoms with Crippen molar-refractivity contribution in [3.05, 3.63) is 0 Å². The van der Waals surface area contributed by atoms with Crippen molar-refractivity contribution in [1.82, 2.24) is 0 Å². The van der Waals surface area contributed by atoms with Gasteiger partial charge in [0.2, 0.25) is 5.91 Å². The first-order valence-electron chi connectivity index (χ1n) is 8.37. The molecule has 1 amide bonds. The number of nitrogens with two attached hydrogens (primary N) is 1. The smallest absolute Gasteiger partial charge is 0.221 e. The molecular formula is C17H29NO2. The molecule has 0 aromatic rings. The third kappa shape index (κ3) is 4.07. The molecule has 2 aliphatic carbocycles. The second kappa shape index (κ2) is 7.24. The summed E-state index contributed by atoms with van der Waals surface area (Å²) in [7, 11) is 0. The minimum Gasteiger partial charge on any atom is -0.369 e. The number of Topliss-reactive ketones (excluding diaryl/α,β-unsaturated/α-hetero) is 1. The summed E-state index contributed by atoms with van der Waals surface area (Å²) in [6.45, 7) is 1.63. The van der Waals surface area contributed by atoms with Gasteiger partial charge in [-0.25, -0.2) is 0 Å². The van der Waals surface area contributed by atoms with Crippen LogP contribution in [0.5, 0.6) is 0 Å². The topological polar surface area (TPSA) is 60.2 Å². The largest absolute Gasteiger partial charge is 0.369 e. The van der Waals surface area contributed by atoms with E-state index in [1.54, 1.807) is 6.92 Å². The number of rotatable bonds is 8. The van der Waals surface area contributed by atoms with Gasteiger partial charge in [0.1, 0.15) is 5.78 Å². The van der Waals surface area contributed by atoms with Gasteiger partial charge in [-0.3, -0.25) is 9.59 Å². The van der Waals surface area contributed by atoms with Gasteiger partial charge in [0.25, 0.3) is 0 Å². The second-order valence-corrected chi connectivity index (χ2v) is 6.99. The van der Waals surface area contributed by atoms with Crippen LogP contribution in [0.3, 0.4) is 0 Å². The Hall–Kier alpha value is -0.860. The van der Waals surface area contributed by atoms with Crippen LogP contribution in [0.15, 0.2) is 0 Å². The van der Waals surface area contributed by atoms with Crippen molar-refractivity contribution in [2.45, 2.75) is 71.1 Å². The van der Waals surface area contributed by atoms with Crippen LogP contribution in [0.1, 0.15) is 71.1 Å². The lowest BCUT2D eigenvalue weighted by Crippen LogP contribution is -2.36. The molecule has 0 radical (unpaired) electrons. The van der Waals surface area contributed by atoms with Crippen LogP contribution in [-0.2, 0) is 9.59 Å². The molecule has 2 unspecified atom stereocenters. The zero-order chi connectivity index (χ0) is 14.5. The lowest BCUT2D eigenvalue weighted by molar-refractivity contribution is -0.132. The van der Waals surface area contributed by atoms with Crippen LogP contribution in [0.2, 0.25) is 0 Å². The monoisotopic (exact) mass is 279 g/mol. The molecule has 2 atom stereocenters. The lowest BCUT2D eigenvalue weighted by Gasteiger charge is -2.32. The summed E-state index contributed by atoms with van der Waals surface area (Å²) in [5, 5.41) is 0. The Morgan fingerprint density at radius 2 is 1.60 bits per heavy atom. The number of ketones is 1.